The van der Waals surface area contributed by atoms with Crippen LogP contribution in [0.3, 0.4) is 0 Å². The fourth-order valence-corrected chi connectivity index (χ4v) is 0. The summed E-state index contributed by atoms with van der Waals surface area (Å²) in [7, 11) is 0. The molecular weight excluding hydrogens is 203 g/mol. The molecule has 0 unspecified atom stereocenters. The van der Waals surface area contributed by atoms with Gasteiger partial charge in [0.25, 0.3) is 0 Å². The first-order valence-electron chi connectivity index (χ1n) is 1.25. The summed E-state index contributed by atoms with van der Waals surface area (Å²) < 4.78 is 0. The minimum atomic E-state index is 0. The van der Waals surface area contributed by atoms with Crippen molar-refractivity contribution in [3.8, 4) is 0 Å². The van der Waals surface area contributed by atoms with Crippen molar-refractivity contribution in [2.75, 3.05) is 0 Å². The van der Waals surface area contributed by atoms with Gasteiger partial charge in [0.1, 0.15) is 0 Å². The van der Waals surface area contributed by atoms with Crippen molar-refractivity contribution in [3.63, 3.8) is 0 Å². The van der Waals surface area contributed by atoms with E-state index < -0.39 is 0 Å². The monoisotopic (exact) mass is 222 g/mol. The van der Waals surface area contributed by atoms with E-state index in [4.69, 9.17) is 11.1 Å². The topological polar surface area (TPSA) is 47.7 Å². The van der Waals surface area contributed by atoms with Gasteiger partial charge in [0, 0.05) is 1.43 Å². The van der Waals surface area contributed by atoms with Crippen LogP contribution in [0, 0.1) is 11.1 Å². The second-order valence-corrected chi connectivity index (χ2v) is 0. The molecule has 7 heavy (non-hydrogen) atoms. The van der Waals surface area contributed by atoms with E-state index in [1.807, 2.05) is 0 Å². The zero-order valence-corrected chi connectivity index (χ0v) is 7.20. The molecular formula is C3H20Ga2N2. The van der Waals surface area contributed by atoms with E-state index in [9.17, 15) is 0 Å². The minimum absolute atomic E-state index is 0. The number of nitrogens with one attached hydrogen (secondary N) is 2. The largest absolute Gasteiger partial charge is 0 e. The van der Waals surface area contributed by atoms with Gasteiger partial charge in [-0.1, -0.05) is 14.9 Å². The molecule has 0 aliphatic carbocycles. The molecule has 0 atom stereocenters. The van der Waals surface area contributed by atoms with Crippen molar-refractivity contribution in [3.05, 3.63) is 0 Å². The van der Waals surface area contributed by atoms with Crippen LogP contribution in [0.4, 0.5) is 0 Å². The van der Waals surface area contributed by atoms with Crippen LogP contribution in [0.15, 0.2) is 0 Å². The quantitative estimate of drug-likeness (QED) is 0.446. The van der Waals surface area contributed by atoms with Gasteiger partial charge < -0.3 is 0 Å². The normalized spacial score (nSPS) is 1.29. The molecule has 0 bridgehead atoms. The van der Waals surface area contributed by atoms with Crippen LogP contribution in [-0.2, 0) is 0 Å². The van der Waals surface area contributed by atoms with Gasteiger partial charge in [-0.3, -0.25) is 0 Å². The molecule has 48 valence electrons. The average molecular weight is 224 g/mol. The van der Waals surface area contributed by atoms with Crippen LogP contribution >= 0.6 is 0 Å². The van der Waals surface area contributed by atoms with E-state index in [0.29, 0.717) is 0 Å². The second-order valence-electron chi connectivity index (χ2n) is 0. The molecule has 0 fully saturated rings. The molecule has 0 aliphatic rings. The first-order chi connectivity index (χ1) is 2.00. The molecule has 0 heterocycles. The predicted octanol–water partition coefficient (Wildman–Crippen LogP) is 0.598. The molecule has 0 amide bonds. The Labute approximate surface area is 71.2 Å². The summed E-state index contributed by atoms with van der Waals surface area (Å²) in [6.07, 6.45) is 0. The van der Waals surface area contributed by atoms with Crippen molar-refractivity contribution >= 4 is 38.4 Å². The minimum Gasteiger partial charge on any atom is 0 e. The molecule has 0 aliphatic heterocycles. The van der Waals surface area contributed by atoms with Gasteiger partial charge in [0.2, 0.25) is 0 Å². The predicted molar refractivity (Wildman–Crippen MR) is 45.4 cm³/mol. The maximum atomic E-state index is 5.00. The molecule has 0 rings (SSSR count). The van der Waals surface area contributed by atoms with Crippen molar-refractivity contribution in [2.24, 2.45) is 0 Å². The molecule has 0 spiro atoms. The van der Waals surface area contributed by atoms with E-state index in [1.165, 1.54) is 0 Å². The summed E-state index contributed by atoms with van der Waals surface area (Å²) in [4.78, 5) is 0. The number of rotatable bonds is 0. The molecule has 2 N–H and O–H groups in total. The number of hydrogen-bond donors (Lipinski definition) is 2. The molecule has 0 aromatic rings. The summed E-state index contributed by atoms with van der Waals surface area (Å²) >= 11 is 1.06. The molecule has 2 nitrogen and oxygen atoms in total. The molecule has 0 aromatic carbocycles. The van der Waals surface area contributed by atoms with Gasteiger partial charge in [-0.25, -0.2) is 11.1 Å². The van der Waals surface area contributed by atoms with Crippen LogP contribution in [0.5, 0.6) is 0 Å². The molecule has 4 heteroatoms. The zero-order chi connectivity index (χ0) is 4.00. The third-order valence-corrected chi connectivity index (χ3v) is 0. The SMILES string of the molecule is C.C.N=N.[CH3][GaH2].[GaH3].[HH]. The summed E-state index contributed by atoms with van der Waals surface area (Å²) in [5.41, 5.74) is 12.2. The molecule has 0 saturated heterocycles. The smallest absolute Gasteiger partial charge is 0 e. The van der Waals surface area contributed by atoms with Gasteiger partial charge in [-0.05, 0) is 0 Å². The Morgan fingerprint density at radius 1 is 1.14 bits per heavy atom. The third kappa shape index (κ3) is 214. The summed E-state index contributed by atoms with van der Waals surface area (Å²) in [5, 5.41) is 0. The van der Waals surface area contributed by atoms with E-state index in [2.05, 4.69) is 5.48 Å². The average Bonchev–Trinajstić information content (AvgIpc) is 1.50. The van der Waals surface area contributed by atoms with Gasteiger partial charge in [-0.2, -0.15) is 0 Å². The molecule has 0 radical (unpaired) electrons. The summed E-state index contributed by atoms with van der Waals surface area (Å²) in [6, 6.07) is 0. The molecule has 0 saturated carbocycles. The van der Waals surface area contributed by atoms with Crippen molar-refractivity contribution in [1.82, 2.24) is 0 Å². The summed E-state index contributed by atoms with van der Waals surface area (Å²) in [6.45, 7) is 0. The molecule has 0 aromatic heterocycles. The first-order valence-corrected chi connectivity index (χ1v) is 5.45. The fraction of sp³-hybridized carbons (Fsp3) is 1.00. The Morgan fingerprint density at radius 2 is 1.14 bits per heavy atom. The standard InChI is InChI=1S/2CH4.CH3.2Ga.H2N2.H2.5H/c;;;;;1-2;;;;;;/h2*1H4;1H3;;;1-2H;1H;;;;;. The Balaban J connectivity index is -0.00000000167. The van der Waals surface area contributed by atoms with Gasteiger partial charge in [-0.15, -0.1) is 0 Å². The van der Waals surface area contributed by atoms with Crippen LogP contribution in [0.1, 0.15) is 16.3 Å². The fourth-order valence-electron chi connectivity index (χ4n) is 0. The summed E-state index contributed by atoms with van der Waals surface area (Å²) in [5.74, 6) is 0. The van der Waals surface area contributed by atoms with Gasteiger partial charge in [0.05, 0.1) is 0 Å². The van der Waals surface area contributed by atoms with Crippen molar-refractivity contribution in [1.29, 1.82) is 11.1 Å². The van der Waals surface area contributed by atoms with Crippen LogP contribution in [0.25, 0.3) is 0 Å². The third-order valence-electron chi connectivity index (χ3n) is 0. The van der Waals surface area contributed by atoms with Crippen LogP contribution in [0.2, 0.25) is 5.48 Å². The van der Waals surface area contributed by atoms with E-state index in [-0.39, 0.29) is 36.1 Å². The van der Waals surface area contributed by atoms with Crippen molar-refractivity contribution in [2.45, 2.75) is 20.3 Å². The van der Waals surface area contributed by atoms with Gasteiger partial charge in [0.15, 0.2) is 0 Å². The van der Waals surface area contributed by atoms with E-state index >= 15 is 0 Å². The number of hydrogen-bond acceptors (Lipinski definition) is 2. The second kappa shape index (κ2) is 311. The zero-order valence-electron chi connectivity index (χ0n) is 3.00. The Bertz CT molecular complexity index is 15.2. The Kier molecular flexibility index (Phi) is 2000. The van der Waals surface area contributed by atoms with Gasteiger partial charge >= 0.3 is 43.9 Å². The van der Waals surface area contributed by atoms with E-state index in [1.54, 1.807) is 0 Å². The Morgan fingerprint density at radius 3 is 1.14 bits per heavy atom. The van der Waals surface area contributed by atoms with E-state index in [0.717, 1.165) is 18.6 Å². The first kappa shape index (κ1) is 45.1. The maximum Gasteiger partial charge on any atom is 0 e. The van der Waals surface area contributed by atoms with Crippen LogP contribution < -0.4 is 0 Å². The van der Waals surface area contributed by atoms with Crippen molar-refractivity contribution < 1.29 is 1.43 Å². The Hall–Kier alpha value is 0.873. The van der Waals surface area contributed by atoms with Crippen LogP contribution in [-0.4, -0.2) is 38.4 Å². The maximum absolute atomic E-state index is 5.00.